The number of rotatable bonds is 5. The molecule has 0 heterocycles. The van der Waals surface area contributed by atoms with E-state index in [2.05, 4.69) is 10.0 Å². The third-order valence-electron chi connectivity index (χ3n) is 1.37. The summed E-state index contributed by atoms with van der Waals surface area (Å²) in [5, 5.41) is 11.8. The van der Waals surface area contributed by atoms with Crippen LogP contribution in [0, 0.1) is 5.92 Å². The Morgan fingerprint density at radius 2 is 2.25 bits per heavy atom. The fraction of sp³-hybridized carbons (Fsp3) is 0.857. The van der Waals surface area contributed by atoms with Crippen LogP contribution in [0.5, 0.6) is 0 Å². The first kappa shape index (κ1) is 10.8. The molecule has 0 aromatic carbocycles. The van der Waals surface area contributed by atoms with E-state index in [1.165, 1.54) is 0 Å². The van der Waals surface area contributed by atoms with Crippen molar-refractivity contribution in [3.05, 3.63) is 10.4 Å². The van der Waals surface area contributed by atoms with E-state index in [-0.39, 0.29) is 6.42 Å². The summed E-state index contributed by atoms with van der Waals surface area (Å²) >= 11 is 0. The van der Waals surface area contributed by atoms with Gasteiger partial charge in [0.25, 0.3) is 0 Å². The number of aliphatic carboxylic acids is 1. The second-order valence-corrected chi connectivity index (χ2v) is 3.09. The topological polar surface area (TPSA) is 86.1 Å². The Balaban J connectivity index is 4.03. The van der Waals surface area contributed by atoms with Crippen LogP contribution in [-0.4, -0.2) is 17.1 Å². The molecule has 0 fully saturated rings. The number of carboxylic acid groups (broad SMARTS) is 1. The molecule has 5 heteroatoms. The maximum Gasteiger partial charge on any atom is 0.303 e. The third-order valence-corrected chi connectivity index (χ3v) is 1.37. The van der Waals surface area contributed by atoms with Gasteiger partial charge in [-0.15, -0.1) is 0 Å². The van der Waals surface area contributed by atoms with Crippen LogP contribution in [0.4, 0.5) is 0 Å². The van der Waals surface area contributed by atoms with Gasteiger partial charge in [0.1, 0.15) is 0 Å². The molecule has 0 aromatic heterocycles. The van der Waals surface area contributed by atoms with Gasteiger partial charge in [-0.1, -0.05) is 19.0 Å². The van der Waals surface area contributed by atoms with E-state index < -0.39 is 12.0 Å². The molecule has 0 radical (unpaired) electrons. The maximum atomic E-state index is 10.3. The molecule has 1 atom stereocenters. The minimum Gasteiger partial charge on any atom is -0.481 e. The summed E-state index contributed by atoms with van der Waals surface area (Å²) in [5.41, 5.74) is 8.13. The van der Waals surface area contributed by atoms with E-state index in [1.807, 2.05) is 13.8 Å². The summed E-state index contributed by atoms with van der Waals surface area (Å²) in [6, 6.07) is -0.410. The highest BCUT2D eigenvalue weighted by Crippen LogP contribution is 2.11. The van der Waals surface area contributed by atoms with E-state index in [0.717, 1.165) is 0 Å². The zero-order chi connectivity index (χ0) is 9.56. The van der Waals surface area contributed by atoms with Crippen LogP contribution in [0.2, 0.25) is 0 Å². The lowest BCUT2D eigenvalue weighted by Gasteiger charge is -2.09. The number of carbonyl (C=O) groups is 1. The fourth-order valence-electron chi connectivity index (χ4n) is 0.990. The summed E-state index contributed by atoms with van der Waals surface area (Å²) in [6.07, 6.45) is 0.540. The fourth-order valence-corrected chi connectivity index (χ4v) is 0.990. The molecule has 5 nitrogen and oxygen atoms in total. The van der Waals surface area contributed by atoms with Crippen molar-refractivity contribution >= 4 is 5.97 Å². The SMILES string of the molecule is CC(C)CC(CC(=O)O)N=[N+]=[N-]. The van der Waals surface area contributed by atoms with E-state index in [4.69, 9.17) is 10.6 Å². The number of carboxylic acids is 1. The van der Waals surface area contributed by atoms with E-state index in [1.54, 1.807) is 0 Å². The normalized spacial score (nSPS) is 12.2. The van der Waals surface area contributed by atoms with E-state index in [0.29, 0.717) is 12.3 Å². The lowest BCUT2D eigenvalue weighted by Crippen LogP contribution is -2.12. The minimum absolute atomic E-state index is 0.0811. The van der Waals surface area contributed by atoms with Gasteiger partial charge in [0.2, 0.25) is 0 Å². The highest BCUT2D eigenvalue weighted by Gasteiger charge is 2.12. The Morgan fingerprint density at radius 3 is 2.58 bits per heavy atom. The smallest absolute Gasteiger partial charge is 0.303 e. The molecule has 0 aromatic rings. The van der Waals surface area contributed by atoms with E-state index >= 15 is 0 Å². The van der Waals surface area contributed by atoms with Gasteiger partial charge in [0.15, 0.2) is 0 Å². The molecule has 0 saturated heterocycles. The predicted octanol–water partition coefficient (Wildman–Crippen LogP) is 2.19. The molecular weight excluding hydrogens is 158 g/mol. The Morgan fingerprint density at radius 1 is 1.67 bits per heavy atom. The van der Waals surface area contributed by atoms with Crippen molar-refractivity contribution in [3.63, 3.8) is 0 Å². The van der Waals surface area contributed by atoms with Crippen molar-refractivity contribution < 1.29 is 9.90 Å². The van der Waals surface area contributed by atoms with Gasteiger partial charge < -0.3 is 5.11 Å². The molecule has 0 rings (SSSR count). The zero-order valence-electron chi connectivity index (χ0n) is 7.27. The van der Waals surface area contributed by atoms with Crippen LogP contribution in [0.15, 0.2) is 5.11 Å². The van der Waals surface area contributed by atoms with Crippen molar-refractivity contribution in [2.24, 2.45) is 11.0 Å². The lowest BCUT2D eigenvalue weighted by atomic mass is 10.0. The number of hydrogen-bond acceptors (Lipinski definition) is 2. The van der Waals surface area contributed by atoms with Gasteiger partial charge >= 0.3 is 5.97 Å². The standard InChI is InChI=1S/C7H13N3O2/c1-5(2)3-6(9-10-8)4-7(11)12/h5-6H,3-4H2,1-2H3,(H,11,12). The highest BCUT2D eigenvalue weighted by molar-refractivity contribution is 5.67. The molecule has 0 aliphatic carbocycles. The maximum absolute atomic E-state index is 10.3. The van der Waals surface area contributed by atoms with Crippen molar-refractivity contribution in [2.45, 2.75) is 32.7 Å². The van der Waals surface area contributed by atoms with Crippen LogP contribution in [0.25, 0.3) is 10.4 Å². The summed E-state index contributed by atoms with van der Waals surface area (Å²) in [7, 11) is 0. The molecule has 0 saturated carbocycles. The van der Waals surface area contributed by atoms with Crippen molar-refractivity contribution in [3.8, 4) is 0 Å². The molecule has 0 bridgehead atoms. The van der Waals surface area contributed by atoms with Crippen LogP contribution in [0.1, 0.15) is 26.7 Å². The van der Waals surface area contributed by atoms with Crippen LogP contribution in [0.3, 0.4) is 0 Å². The molecule has 0 aliphatic rings. The molecular formula is C7H13N3O2. The molecule has 0 spiro atoms. The molecule has 1 N–H and O–H groups in total. The zero-order valence-corrected chi connectivity index (χ0v) is 7.27. The Labute approximate surface area is 71.0 Å². The van der Waals surface area contributed by atoms with Gasteiger partial charge in [-0.25, -0.2) is 0 Å². The van der Waals surface area contributed by atoms with Gasteiger partial charge in [-0.3, -0.25) is 4.79 Å². The van der Waals surface area contributed by atoms with Crippen LogP contribution in [-0.2, 0) is 4.79 Å². The van der Waals surface area contributed by atoms with Crippen molar-refractivity contribution in [1.82, 2.24) is 0 Å². The summed E-state index contributed by atoms with van der Waals surface area (Å²) in [4.78, 5) is 12.9. The molecule has 0 aliphatic heterocycles. The average Bonchev–Trinajstić information content (AvgIpc) is 1.84. The van der Waals surface area contributed by atoms with Gasteiger partial charge in [-0.2, -0.15) is 0 Å². The first-order chi connectivity index (χ1) is 5.56. The number of hydrogen-bond donors (Lipinski definition) is 1. The van der Waals surface area contributed by atoms with Crippen LogP contribution < -0.4 is 0 Å². The number of azide groups is 1. The van der Waals surface area contributed by atoms with Crippen molar-refractivity contribution in [2.75, 3.05) is 0 Å². The van der Waals surface area contributed by atoms with Gasteiger partial charge in [0, 0.05) is 11.0 Å². The van der Waals surface area contributed by atoms with Crippen LogP contribution >= 0.6 is 0 Å². The molecule has 1 unspecified atom stereocenters. The Kier molecular flexibility index (Phi) is 4.88. The first-order valence-corrected chi connectivity index (χ1v) is 3.82. The summed E-state index contributed by atoms with van der Waals surface area (Å²) in [5.74, 6) is -0.576. The third kappa shape index (κ3) is 5.56. The number of nitrogens with zero attached hydrogens (tertiary/aromatic N) is 3. The van der Waals surface area contributed by atoms with Gasteiger partial charge in [0.05, 0.1) is 6.42 Å². The minimum atomic E-state index is -0.923. The average molecular weight is 171 g/mol. The van der Waals surface area contributed by atoms with Crippen molar-refractivity contribution in [1.29, 1.82) is 0 Å². The first-order valence-electron chi connectivity index (χ1n) is 3.82. The monoisotopic (exact) mass is 171 g/mol. The molecule has 68 valence electrons. The summed E-state index contributed by atoms with van der Waals surface area (Å²) < 4.78 is 0. The second-order valence-electron chi connectivity index (χ2n) is 3.09. The molecule has 12 heavy (non-hydrogen) atoms. The van der Waals surface area contributed by atoms with E-state index in [9.17, 15) is 4.79 Å². The second kappa shape index (κ2) is 5.43. The Hall–Kier alpha value is -1.22. The van der Waals surface area contributed by atoms with Gasteiger partial charge in [-0.05, 0) is 17.9 Å². The predicted molar refractivity (Wildman–Crippen MR) is 44.6 cm³/mol. The quantitative estimate of drug-likeness (QED) is 0.390. The largest absolute Gasteiger partial charge is 0.481 e. The summed E-state index contributed by atoms with van der Waals surface area (Å²) in [6.45, 7) is 3.92. The molecule has 0 amide bonds. The lowest BCUT2D eigenvalue weighted by molar-refractivity contribution is -0.137. The Bertz CT molecular complexity index is 197. The highest BCUT2D eigenvalue weighted by atomic mass is 16.4.